The minimum Gasteiger partial charge on any atom is -0.481 e. The van der Waals surface area contributed by atoms with Crippen molar-refractivity contribution < 1.29 is 14.7 Å². The average Bonchev–Trinajstić information content (AvgIpc) is 2.39. The Bertz CT molecular complexity index is 298. The van der Waals surface area contributed by atoms with Crippen LogP contribution in [0, 0.1) is 16.7 Å². The largest absolute Gasteiger partial charge is 0.481 e. The Balaban J connectivity index is 3.04. The molecular weight excluding hydrogens is 194 g/mol. The molecule has 0 heterocycles. The van der Waals surface area contributed by atoms with E-state index in [1.165, 1.54) is 0 Å². The van der Waals surface area contributed by atoms with E-state index in [0.29, 0.717) is 12.8 Å². The molecule has 1 amide bonds. The summed E-state index contributed by atoms with van der Waals surface area (Å²) in [5.74, 6) is -1.06. The van der Waals surface area contributed by atoms with Crippen molar-refractivity contribution in [2.45, 2.75) is 33.6 Å². The zero-order valence-corrected chi connectivity index (χ0v) is 9.76. The van der Waals surface area contributed by atoms with Crippen LogP contribution < -0.4 is 5.32 Å². The van der Waals surface area contributed by atoms with Crippen LogP contribution in [-0.2, 0) is 9.59 Å². The van der Waals surface area contributed by atoms with Gasteiger partial charge in [0.2, 0.25) is 5.91 Å². The van der Waals surface area contributed by atoms with Crippen molar-refractivity contribution >= 4 is 11.9 Å². The molecule has 2 atom stereocenters. The molecule has 4 nitrogen and oxygen atoms in total. The van der Waals surface area contributed by atoms with Crippen molar-refractivity contribution in [3.05, 3.63) is 0 Å². The van der Waals surface area contributed by atoms with E-state index < -0.39 is 16.8 Å². The van der Waals surface area contributed by atoms with Gasteiger partial charge in [0.1, 0.15) is 0 Å². The van der Waals surface area contributed by atoms with Crippen LogP contribution in [0.15, 0.2) is 0 Å². The number of hydrogen-bond donors (Lipinski definition) is 2. The van der Waals surface area contributed by atoms with E-state index >= 15 is 0 Å². The molecule has 0 spiro atoms. The summed E-state index contributed by atoms with van der Waals surface area (Å²) in [4.78, 5) is 22.9. The highest BCUT2D eigenvalue weighted by Gasteiger charge is 2.58. The lowest BCUT2D eigenvalue weighted by atomic mass is 9.65. The van der Waals surface area contributed by atoms with Crippen molar-refractivity contribution in [1.82, 2.24) is 5.32 Å². The second kappa shape index (κ2) is 3.51. The molecule has 2 unspecified atom stereocenters. The fraction of sp³-hybridized carbons (Fsp3) is 0.818. The Morgan fingerprint density at radius 3 is 2.20 bits per heavy atom. The summed E-state index contributed by atoms with van der Waals surface area (Å²) in [6.45, 7) is 5.47. The minimum absolute atomic E-state index is 0.0509. The van der Waals surface area contributed by atoms with E-state index in [9.17, 15) is 14.7 Å². The Kier molecular flexibility index (Phi) is 2.81. The number of aliphatic carboxylic acids is 1. The van der Waals surface area contributed by atoms with E-state index in [-0.39, 0.29) is 11.8 Å². The monoisotopic (exact) mass is 213 g/mol. The van der Waals surface area contributed by atoms with Crippen LogP contribution in [0.4, 0.5) is 0 Å². The highest BCUT2D eigenvalue weighted by atomic mass is 16.4. The zero-order chi connectivity index (χ0) is 11.9. The minimum atomic E-state index is -0.807. The number of carbonyl (C=O) groups excluding carboxylic acids is 1. The molecule has 1 aliphatic carbocycles. The maximum absolute atomic E-state index is 11.6. The lowest BCUT2D eigenvalue weighted by Gasteiger charge is -2.37. The first-order valence-electron chi connectivity index (χ1n) is 5.22. The quantitative estimate of drug-likeness (QED) is 0.725. The van der Waals surface area contributed by atoms with Crippen LogP contribution in [0.2, 0.25) is 0 Å². The van der Waals surface area contributed by atoms with Gasteiger partial charge in [-0.15, -0.1) is 0 Å². The zero-order valence-electron chi connectivity index (χ0n) is 9.76. The highest BCUT2D eigenvalue weighted by Crippen LogP contribution is 2.55. The fourth-order valence-electron chi connectivity index (χ4n) is 2.52. The SMILES string of the molecule is CNC(=O)C1CCC(C)(C(=O)O)C1(C)C. The standard InChI is InChI=1S/C11H19NO3/c1-10(2)7(8(13)12-4)5-6-11(10,3)9(14)15/h7H,5-6H2,1-4H3,(H,12,13)(H,14,15). The number of nitrogens with one attached hydrogen (secondary N) is 1. The molecule has 0 aromatic heterocycles. The third-order valence-electron chi connectivity index (χ3n) is 4.26. The Morgan fingerprint density at radius 1 is 1.33 bits per heavy atom. The van der Waals surface area contributed by atoms with Gasteiger partial charge in [-0.1, -0.05) is 13.8 Å². The summed E-state index contributed by atoms with van der Waals surface area (Å²) in [6.07, 6.45) is 1.21. The first kappa shape index (κ1) is 12.0. The van der Waals surface area contributed by atoms with Gasteiger partial charge >= 0.3 is 5.97 Å². The van der Waals surface area contributed by atoms with Gasteiger partial charge in [0, 0.05) is 13.0 Å². The number of carboxylic acids is 1. The van der Waals surface area contributed by atoms with Gasteiger partial charge in [-0.05, 0) is 25.2 Å². The number of carboxylic acid groups (broad SMARTS) is 1. The van der Waals surface area contributed by atoms with Crippen molar-refractivity contribution in [2.75, 3.05) is 7.05 Å². The Labute approximate surface area is 90.0 Å². The second-order valence-electron chi connectivity index (χ2n) is 5.06. The van der Waals surface area contributed by atoms with Crippen LogP contribution in [0.1, 0.15) is 33.6 Å². The molecule has 2 N–H and O–H groups in total. The van der Waals surface area contributed by atoms with Crippen LogP contribution in [-0.4, -0.2) is 24.0 Å². The molecule has 15 heavy (non-hydrogen) atoms. The van der Waals surface area contributed by atoms with Gasteiger partial charge < -0.3 is 10.4 Å². The molecule has 86 valence electrons. The fourth-order valence-corrected chi connectivity index (χ4v) is 2.52. The third kappa shape index (κ3) is 1.52. The molecule has 1 rings (SSSR count). The van der Waals surface area contributed by atoms with Crippen molar-refractivity contribution in [3.63, 3.8) is 0 Å². The molecule has 1 saturated carbocycles. The lowest BCUT2D eigenvalue weighted by molar-refractivity contribution is -0.155. The number of carbonyl (C=O) groups is 2. The molecule has 0 saturated heterocycles. The van der Waals surface area contributed by atoms with Gasteiger partial charge in [0.05, 0.1) is 5.41 Å². The van der Waals surface area contributed by atoms with Gasteiger partial charge in [-0.25, -0.2) is 0 Å². The lowest BCUT2D eigenvalue weighted by Crippen LogP contribution is -2.44. The van der Waals surface area contributed by atoms with Gasteiger partial charge in [-0.2, -0.15) is 0 Å². The molecule has 0 aromatic carbocycles. The summed E-state index contributed by atoms with van der Waals surface area (Å²) >= 11 is 0. The Hall–Kier alpha value is -1.06. The summed E-state index contributed by atoms with van der Waals surface area (Å²) < 4.78 is 0. The average molecular weight is 213 g/mol. The molecule has 1 fully saturated rings. The Morgan fingerprint density at radius 2 is 1.87 bits per heavy atom. The van der Waals surface area contributed by atoms with Crippen molar-refractivity contribution in [3.8, 4) is 0 Å². The maximum Gasteiger partial charge on any atom is 0.309 e. The topological polar surface area (TPSA) is 66.4 Å². The second-order valence-corrected chi connectivity index (χ2v) is 5.06. The van der Waals surface area contributed by atoms with Crippen molar-refractivity contribution in [1.29, 1.82) is 0 Å². The number of hydrogen-bond acceptors (Lipinski definition) is 2. The van der Waals surface area contributed by atoms with E-state index in [2.05, 4.69) is 5.32 Å². The maximum atomic E-state index is 11.6. The number of amides is 1. The highest BCUT2D eigenvalue weighted by molar-refractivity contribution is 5.83. The smallest absolute Gasteiger partial charge is 0.309 e. The molecule has 4 heteroatoms. The number of rotatable bonds is 2. The van der Waals surface area contributed by atoms with Crippen LogP contribution >= 0.6 is 0 Å². The van der Waals surface area contributed by atoms with E-state index in [0.717, 1.165) is 0 Å². The van der Waals surface area contributed by atoms with Crippen LogP contribution in [0.3, 0.4) is 0 Å². The first-order chi connectivity index (χ1) is 6.77. The molecule has 1 aliphatic rings. The molecule has 0 aromatic rings. The molecular formula is C11H19NO3. The summed E-state index contributed by atoms with van der Waals surface area (Å²) in [7, 11) is 1.59. The van der Waals surface area contributed by atoms with Gasteiger partial charge in [0.25, 0.3) is 0 Å². The predicted molar refractivity (Wildman–Crippen MR) is 56.3 cm³/mol. The summed E-state index contributed by atoms with van der Waals surface area (Å²) in [5.41, 5.74) is -1.30. The van der Waals surface area contributed by atoms with Crippen molar-refractivity contribution in [2.24, 2.45) is 16.7 Å². The normalized spacial score (nSPS) is 33.7. The summed E-state index contributed by atoms with van der Waals surface area (Å²) in [6, 6.07) is 0. The molecule has 0 radical (unpaired) electrons. The third-order valence-corrected chi connectivity index (χ3v) is 4.26. The molecule has 0 bridgehead atoms. The summed E-state index contributed by atoms with van der Waals surface area (Å²) in [5, 5.41) is 11.9. The van der Waals surface area contributed by atoms with Gasteiger partial charge in [0.15, 0.2) is 0 Å². The van der Waals surface area contributed by atoms with Crippen LogP contribution in [0.25, 0.3) is 0 Å². The predicted octanol–water partition coefficient (Wildman–Crippen LogP) is 1.26. The van der Waals surface area contributed by atoms with Crippen LogP contribution in [0.5, 0.6) is 0 Å². The first-order valence-corrected chi connectivity index (χ1v) is 5.22. The van der Waals surface area contributed by atoms with E-state index in [1.54, 1.807) is 14.0 Å². The molecule has 0 aliphatic heterocycles. The van der Waals surface area contributed by atoms with E-state index in [4.69, 9.17) is 0 Å². The van der Waals surface area contributed by atoms with E-state index in [1.807, 2.05) is 13.8 Å². The van der Waals surface area contributed by atoms with Gasteiger partial charge in [-0.3, -0.25) is 9.59 Å².